The lowest BCUT2D eigenvalue weighted by molar-refractivity contribution is 0.355. The van der Waals surface area contributed by atoms with Crippen molar-refractivity contribution in [3.8, 4) is 0 Å². The van der Waals surface area contributed by atoms with Gasteiger partial charge in [0, 0.05) is 18.8 Å². The monoisotopic (exact) mass is 221 g/mol. The predicted octanol–water partition coefficient (Wildman–Crippen LogP) is 1.96. The van der Waals surface area contributed by atoms with Crippen molar-refractivity contribution in [1.82, 2.24) is 10.3 Å². The van der Waals surface area contributed by atoms with E-state index in [0.29, 0.717) is 11.8 Å². The van der Waals surface area contributed by atoms with Crippen LogP contribution in [-0.4, -0.2) is 18.1 Å². The summed E-state index contributed by atoms with van der Waals surface area (Å²) >= 11 is 0. The van der Waals surface area contributed by atoms with E-state index in [1.807, 2.05) is 24.4 Å². The maximum atomic E-state index is 5.74. The number of rotatable bonds is 6. The second-order valence-electron chi connectivity index (χ2n) is 4.62. The minimum absolute atomic E-state index is 0.286. The van der Waals surface area contributed by atoms with Crippen molar-refractivity contribution in [2.75, 3.05) is 13.1 Å². The average Bonchev–Trinajstić information content (AvgIpc) is 2.30. The summed E-state index contributed by atoms with van der Waals surface area (Å²) in [5.41, 5.74) is 6.83. The molecule has 3 nitrogen and oxygen atoms in total. The van der Waals surface area contributed by atoms with Crippen molar-refractivity contribution in [3.63, 3.8) is 0 Å². The topological polar surface area (TPSA) is 50.9 Å². The molecule has 1 aromatic heterocycles. The smallest absolute Gasteiger partial charge is 0.0570 e. The highest BCUT2D eigenvalue weighted by Crippen LogP contribution is 2.12. The first kappa shape index (κ1) is 13.1. The Bertz CT molecular complexity index is 284. The molecule has 0 radical (unpaired) electrons. The zero-order chi connectivity index (χ0) is 12.0. The van der Waals surface area contributed by atoms with Crippen LogP contribution in [0.25, 0.3) is 0 Å². The molecule has 0 aromatic carbocycles. The van der Waals surface area contributed by atoms with E-state index in [4.69, 9.17) is 5.73 Å². The Hall–Kier alpha value is -0.930. The van der Waals surface area contributed by atoms with Crippen LogP contribution < -0.4 is 11.1 Å². The van der Waals surface area contributed by atoms with Gasteiger partial charge in [0.2, 0.25) is 0 Å². The summed E-state index contributed by atoms with van der Waals surface area (Å²) in [7, 11) is 0. The van der Waals surface area contributed by atoms with Gasteiger partial charge in [-0.2, -0.15) is 0 Å². The van der Waals surface area contributed by atoms with Gasteiger partial charge in [0.05, 0.1) is 5.69 Å². The Labute approximate surface area is 98.5 Å². The largest absolute Gasteiger partial charge is 0.330 e. The van der Waals surface area contributed by atoms with E-state index in [0.717, 1.165) is 18.8 Å². The Morgan fingerprint density at radius 1 is 1.31 bits per heavy atom. The zero-order valence-electron chi connectivity index (χ0n) is 10.5. The van der Waals surface area contributed by atoms with E-state index in [9.17, 15) is 0 Å². The normalized spacial score (nSPS) is 15.1. The van der Waals surface area contributed by atoms with Crippen molar-refractivity contribution in [2.45, 2.75) is 26.8 Å². The van der Waals surface area contributed by atoms with E-state index in [-0.39, 0.29) is 6.04 Å². The molecule has 90 valence electrons. The molecule has 0 fully saturated rings. The predicted molar refractivity (Wildman–Crippen MR) is 68.0 cm³/mol. The third-order valence-corrected chi connectivity index (χ3v) is 3.06. The molecule has 1 heterocycles. The van der Waals surface area contributed by atoms with Gasteiger partial charge in [-0.25, -0.2) is 0 Å². The fourth-order valence-electron chi connectivity index (χ4n) is 1.66. The fourth-order valence-corrected chi connectivity index (χ4v) is 1.66. The lowest BCUT2D eigenvalue weighted by atomic mass is 9.95. The SMILES string of the molecule is CC(C)C(CN)CN[C@@H](C)c1ccccn1. The van der Waals surface area contributed by atoms with Gasteiger partial charge in [-0.1, -0.05) is 19.9 Å². The highest BCUT2D eigenvalue weighted by atomic mass is 14.9. The first-order chi connectivity index (χ1) is 7.65. The summed E-state index contributed by atoms with van der Waals surface area (Å²) in [4.78, 5) is 4.33. The third-order valence-electron chi connectivity index (χ3n) is 3.06. The first-order valence-electron chi connectivity index (χ1n) is 5.99. The molecule has 0 aliphatic carbocycles. The third kappa shape index (κ3) is 3.91. The number of nitrogens with zero attached hydrogens (tertiary/aromatic N) is 1. The maximum absolute atomic E-state index is 5.74. The Morgan fingerprint density at radius 3 is 2.56 bits per heavy atom. The summed E-state index contributed by atoms with van der Waals surface area (Å²) in [6, 6.07) is 6.29. The zero-order valence-corrected chi connectivity index (χ0v) is 10.5. The molecule has 0 aliphatic heterocycles. The molecule has 2 atom stereocenters. The Kier molecular flexibility index (Phi) is 5.43. The van der Waals surface area contributed by atoms with Gasteiger partial charge in [0.25, 0.3) is 0 Å². The van der Waals surface area contributed by atoms with Gasteiger partial charge in [-0.05, 0) is 37.4 Å². The minimum Gasteiger partial charge on any atom is -0.330 e. The molecule has 3 N–H and O–H groups in total. The van der Waals surface area contributed by atoms with Gasteiger partial charge < -0.3 is 11.1 Å². The number of aromatic nitrogens is 1. The van der Waals surface area contributed by atoms with Crippen molar-refractivity contribution < 1.29 is 0 Å². The van der Waals surface area contributed by atoms with Crippen LogP contribution in [0.2, 0.25) is 0 Å². The van der Waals surface area contributed by atoms with Gasteiger partial charge >= 0.3 is 0 Å². The van der Waals surface area contributed by atoms with Crippen LogP contribution in [0.3, 0.4) is 0 Å². The van der Waals surface area contributed by atoms with Crippen molar-refractivity contribution in [1.29, 1.82) is 0 Å². The molecule has 0 spiro atoms. The summed E-state index contributed by atoms with van der Waals surface area (Å²) < 4.78 is 0. The molecule has 0 bridgehead atoms. The van der Waals surface area contributed by atoms with Gasteiger partial charge in [0.1, 0.15) is 0 Å². The molecule has 3 heteroatoms. The molecule has 16 heavy (non-hydrogen) atoms. The number of hydrogen-bond donors (Lipinski definition) is 2. The summed E-state index contributed by atoms with van der Waals surface area (Å²) in [5.74, 6) is 1.15. The Balaban J connectivity index is 2.43. The van der Waals surface area contributed by atoms with E-state index in [1.165, 1.54) is 0 Å². The highest BCUT2D eigenvalue weighted by molar-refractivity contribution is 5.07. The molecule has 0 aliphatic rings. The number of pyridine rings is 1. The van der Waals surface area contributed by atoms with E-state index in [1.54, 1.807) is 0 Å². The van der Waals surface area contributed by atoms with Gasteiger partial charge in [0.15, 0.2) is 0 Å². The molecule has 1 rings (SSSR count). The summed E-state index contributed by atoms with van der Waals surface area (Å²) in [6.07, 6.45) is 1.83. The molecule has 1 aromatic rings. The molecular weight excluding hydrogens is 198 g/mol. The molecular formula is C13H23N3. The van der Waals surface area contributed by atoms with Crippen LogP contribution in [0.5, 0.6) is 0 Å². The van der Waals surface area contributed by atoms with Crippen LogP contribution in [0.15, 0.2) is 24.4 Å². The van der Waals surface area contributed by atoms with Crippen LogP contribution in [0.4, 0.5) is 0 Å². The Morgan fingerprint density at radius 2 is 2.06 bits per heavy atom. The second-order valence-corrected chi connectivity index (χ2v) is 4.62. The molecule has 0 saturated carbocycles. The molecule has 0 amide bonds. The first-order valence-corrected chi connectivity index (χ1v) is 5.99. The number of nitrogens with two attached hydrogens (primary N) is 1. The van der Waals surface area contributed by atoms with Crippen molar-refractivity contribution >= 4 is 0 Å². The molecule has 0 saturated heterocycles. The highest BCUT2D eigenvalue weighted by Gasteiger charge is 2.13. The van der Waals surface area contributed by atoms with E-state index >= 15 is 0 Å². The van der Waals surface area contributed by atoms with Gasteiger partial charge in [-0.15, -0.1) is 0 Å². The number of nitrogens with one attached hydrogen (secondary N) is 1. The quantitative estimate of drug-likeness (QED) is 0.772. The van der Waals surface area contributed by atoms with E-state index < -0.39 is 0 Å². The second kappa shape index (κ2) is 6.61. The standard InChI is InChI=1S/C13H23N3/c1-10(2)12(8-14)9-16-11(3)13-6-4-5-7-15-13/h4-7,10-12,16H,8-9,14H2,1-3H3/t11-,12?/m0/s1. The number of hydrogen-bond acceptors (Lipinski definition) is 3. The van der Waals surface area contributed by atoms with Crippen molar-refractivity contribution in [3.05, 3.63) is 30.1 Å². The summed E-state index contributed by atoms with van der Waals surface area (Å²) in [5, 5.41) is 3.49. The lowest BCUT2D eigenvalue weighted by Crippen LogP contribution is -2.33. The van der Waals surface area contributed by atoms with Crippen LogP contribution in [-0.2, 0) is 0 Å². The maximum Gasteiger partial charge on any atom is 0.0570 e. The average molecular weight is 221 g/mol. The van der Waals surface area contributed by atoms with E-state index in [2.05, 4.69) is 31.1 Å². The van der Waals surface area contributed by atoms with Crippen LogP contribution in [0, 0.1) is 11.8 Å². The minimum atomic E-state index is 0.286. The van der Waals surface area contributed by atoms with Crippen LogP contribution in [0.1, 0.15) is 32.5 Å². The lowest BCUT2D eigenvalue weighted by Gasteiger charge is -2.22. The summed E-state index contributed by atoms with van der Waals surface area (Å²) in [6.45, 7) is 8.25. The molecule has 1 unspecified atom stereocenters. The van der Waals surface area contributed by atoms with Crippen LogP contribution >= 0.6 is 0 Å². The van der Waals surface area contributed by atoms with Crippen molar-refractivity contribution in [2.24, 2.45) is 17.6 Å². The van der Waals surface area contributed by atoms with Gasteiger partial charge in [-0.3, -0.25) is 4.98 Å². The fraction of sp³-hybridized carbons (Fsp3) is 0.615.